The van der Waals surface area contributed by atoms with Gasteiger partial charge in [-0.3, -0.25) is 0 Å². The van der Waals surface area contributed by atoms with E-state index < -0.39 is 0 Å². The average Bonchev–Trinajstić information content (AvgIpc) is 2.91. The summed E-state index contributed by atoms with van der Waals surface area (Å²) < 4.78 is 10.9. The molecule has 0 saturated carbocycles. The van der Waals surface area contributed by atoms with E-state index in [-0.39, 0.29) is 0 Å². The summed E-state index contributed by atoms with van der Waals surface area (Å²) in [6, 6.07) is 6.73. The minimum absolute atomic E-state index is 0.327. The first-order valence-electron chi connectivity index (χ1n) is 7.00. The van der Waals surface area contributed by atoms with E-state index in [9.17, 15) is 0 Å². The van der Waals surface area contributed by atoms with Gasteiger partial charge in [0.1, 0.15) is 11.6 Å². The molecule has 0 saturated heterocycles. The van der Waals surface area contributed by atoms with Crippen LogP contribution in [0.4, 0.5) is 0 Å². The predicted octanol–water partition coefficient (Wildman–Crippen LogP) is 3.82. The lowest BCUT2D eigenvalue weighted by atomic mass is 10.1. The molecule has 1 unspecified atom stereocenters. The van der Waals surface area contributed by atoms with Crippen molar-refractivity contribution in [3.8, 4) is 5.75 Å². The van der Waals surface area contributed by atoms with Crippen molar-refractivity contribution < 1.29 is 4.74 Å². The minimum Gasteiger partial charge on any atom is -0.494 e. The molecular formula is C15H21N3OS2. The van der Waals surface area contributed by atoms with E-state index in [0.717, 1.165) is 21.7 Å². The summed E-state index contributed by atoms with van der Waals surface area (Å²) in [6.07, 6.45) is 0. The second kappa shape index (κ2) is 7.77. The first-order chi connectivity index (χ1) is 10.1. The normalized spacial score (nSPS) is 12.4. The van der Waals surface area contributed by atoms with Gasteiger partial charge < -0.3 is 10.1 Å². The summed E-state index contributed by atoms with van der Waals surface area (Å²) in [7, 11) is 1.97. The van der Waals surface area contributed by atoms with Gasteiger partial charge in [0.05, 0.1) is 6.61 Å². The highest BCUT2D eigenvalue weighted by Crippen LogP contribution is 2.31. The molecule has 0 fully saturated rings. The van der Waals surface area contributed by atoms with Crippen molar-refractivity contribution in [2.75, 3.05) is 13.7 Å². The molecule has 6 heteroatoms. The summed E-state index contributed by atoms with van der Waals surface area (Å²) in [4.78, 5) is 4.39. The zero-order chi connectivity index (χ0) is 15.2. The van der Waals surface area contributed by atoms with E-state index in [1.807, 2.05) is 20.9 Å². The Balaban J connectivity index is 2.17. The quantitative estimate of drug-likeness (QED) is 0.785. The molecule has 0 amide bonds. The van der Waals surface area contributed by atoms with Crippen LogP contribution in [0.3, 0.4) is 0 Å². The maximum Gasteiger partial charge on any atom is 0.170 e. The molecular weight excluding hydrogens is 302 g/mol. The number of rotatable bonds is 7. The van der Waals surface area contributed by atoms with Crippen LogP contribution in [0.5, 0.6) is 5.75 Å². The molecule has 1 atom stereocenters. The molecule has 0 spiro atoms. The third kappa shape index (κ3) is 4.43. The topological polar surface area (TPSA) is 47.0 Å². The fourth-order valence-electron chi connectivity index (χ4n) is 1.92. The maximum atomic E-state index is 5.73. The van der Waals surface area contributed by atoms with Crippen LogP contribution in [0.15, 0.2) is 22.5 Å². The highest BCUT2D eigenvalue weighted by molar-refractivity contribution is 8.00. The lowest BCUT2D eigenvalue weighted by molar-refractivity contribution is 0.337. The smallest absolute Gasteiger partial charge is 0.170 e. The number of aromatic nitrogens is 2. The van der Waals surface area contributed by atoms with Crippen LogP contribution >= 0.6 is 23.3 Å². The lowest BCUT2D eigenvalue weighted by Gasteiger charge is -2.15. The van der Waals surface area contributed by atoms with E-state index >= 15 is 0 Å². The second-order valence-electron chi connectivity index (χ2n) is 4.71. The SMILES string of the molecule is CCOc1ccc(C(C)NC)cc1CSc1nc(C)ns1. The monoisotopic (exact) mass is 323 g/mol. The molecule has 0 aliphatic heterocycles. The molecule has 2 rings (SSSR count). The molecule has 0 aliphatic rings. The zero-order valence-corrected chi connectivity index (χ0v) is 14.5. The zero-order valence-electron chi connectivity index (χ0n) is 12.8. The van der Waals surface area contributed by atoms with Crippen molar-refractivity contribution in [2.24, 2.45) is 0 Å². The number of nitrogens with one attached hydrogen (secondary N) is 1. The Kier molecular flexibility index (Phi) is 6.02. The third-order valence-electron chi connectivity index (χ3n) is 3.18. The first-order valence-corrected chi connectivity index (χ1v) is 8.76. The maximum absolute atomic E-state index is 5.73. The largest absolute Gasteiger partial charge is 0.494 e. The van der Waals surface area contributed by atoms with Crippen LogP contribution in [-0.2, 0) is 5.75 Å². The second-order valence-corrected chi connectivity index (χ2v) is 6.68. The van der Waals surface area contributed by atoms with Crippen molar-refractivity contribution in [3.05, 3.63) is 35.2 Å². The van der Waals surface area contributed by atoms with Gasteiger partial charge in [-0.25, -0.2) is 4.98 Å². The van der Waals surface area contributed by atoms with Gasteiger partial charge >= 0.3 is 0 Å². The Bertz CT molecular complexity index is 586. The van der Waals surface area contributed by atoms with Gasteiger partial charge in [-0.15, -0.1) is 0 Å². The highest BCUT2D eigenvalue weighted by Gasteiger charge is 2.10. The summed E-state index contributed by atoms with van der Waals surface area (Å²) in [5.74, 6) is 2.64. The van der Waals surface area contributed by atoms with Gasteiger partial charge in [-0.2, -0.15) is 4.37 Å². The van der Waals surface area contributed by atoms with Crippen molar-refractivity contribution >= 4 is 23.3 Å². The summed E-state index contributed by atoms with van der Waals surface area (Å²) in [5.41, 5.74) is 2.47. The first kappa shape index (κ1) is 16.3. The van der Waals surface area contributed by atoms with Crippen molar-refractivity contribution in [1.29, 1.82) is 0 Å². The van der Waals surface area contributed by atoms with Gasteiger partial charge in [0, 0.05) is 17.4 Å². The number of benzene rings is 1. The number of hydrogen-bond acceptors (Lipinski definition) is 6. The summed E-state index contributed by atoms with van der Waals surface area (Å²) in [5, 5.41) is 3.27. The number of aryl methyl sites for hydroxylation is 1. The van der Waals surface area contributed by atoms with E-state index in [4.69, 9.17) is 4.74 Å². The van der Waals surface area contributed by atoms with Crippen LogP contribution < -0.4 is 10.1 Å². The summed E-state index contributed by atoms with van der Waals surface area (Å²) >= 11 is 3.16. The number of nitrogens with zero attached hydrogens (tertiary/aromatic N) is 2. The van der Waals surface area contributed by atoms with E-state index in [1.165, 1.54) is 22.7 Å². The standard InChI is InChI=1S/C15H21N3OS2/c1-5-19-14-7-6-12(10(2)16-4)8-13(14)9-20-15-17-11(3)18-21-15/h6-8,10,16H,5,9H2,1-4H3. The van der Waals surface area contributed by atoms with Crippen LogP contribution in [0.2, 0.25) is 0 Å². The fraction of sp³-hybridized carbons (Fsp3) is 0.467. The van der Waals surface area contributed by atoms with Crippen LogP contribution in [0, 0.1) is 6.92 Å². The van der Waals surface area contributed by atoms with Gasteiger partial charge in [-0.1, -0.05) is 17.8 Å². The Morgan fingerprint density at radius 3 is 2.86 bits per heavy atom. The van der Waals surface area contributed by atoms with Crippen LogP contribution in [-0.4, -0.2) is 23.0 Å². The molecule has 1 aromatic heterocycles. The molecule has 0 radical (unpaired) electrons. The average molecular weight is 323 g/mol. The Hall–Kier alpha value is -1.11. The Morgan fingerprint density at radius 2 is 2.24 bits per heavy atom. The molecule has 1 aromatic carbocycles. The van der Waals surface area contributed by atoms with Gasteiger partial charge in [0.2, 0.25) is 0 Å². The lowest BCUT2D eigenvalue weighted by Crippen LogP contribution is -2.12. The highest BCUT2D eigenvalue weighted by atomic mass is 32.2. The van der Waals surface area contributed by atoms with E-state index in [0.29, 0.717) is 12.6 Å². The van der Waals surface area contributed by atoms with E-state index in [1.54, 1.807) is 11.8 Å². The Labute approximate surface area is 134 Å². The predicted molar refractivity (Wildman–Crippen MR) is 89.3 cm³/mol. The van der Waals surface area contributed by atoms with Crippen LogP contribution in [0.25, 0.3) is 0 Å². The van der Waals surface area contributed by atoms with Crippen molar-refractivity contribution in [2.45, 2.75) is 36.9 Å². The van der Waals surface area contributed by atoms with Crippen LogP contribution in [0.1, 0.15) is 36.8 Å². The Morgan fingerprint density at radius 1 is 1.43 bits per heavy atom. The molecule has 1 heterocycles. The van der Waals surface area contributed by atoms with Crippen molar-refractivity contribution in [3.63, 3.8) is 0 Å². The number of ether oxygens (including phenoxy) is 1. The molecule has 0 bridgehead atoms. The summed E-state index contributed by atoms with van der Waals surface area (Å²) in [6.45, 7) is 6.76. The fourth-order valence-corrected chi connectivity index (χ4v) is 3.55. The number of hydrogen-bond donors (Lipinski definition) is 1. The molecule has 1 N–H and O–H groups in total. The molecule has 21 heavy (non-hydrogen) atoms. The minimum atomic E-state index is 0.327. The van der Waals surface area contributed by atoms with Gasteiger partial charge in [-0.05, 0) is 57.0 Å². The van der Waals surface area contributed by atoms with E-state index in [2.05, 4.69) is 39.8 Å². The molecule has 2 aromatic rings. The molecule has 114 valence electrons. The van der Waals surface area contributed by atoms with Crippen molar-refractivity contribution in [1.82, 2.24) is 14.7 Å². The third-order valence-corrected chi connectivity index (χ3v) is 5.15. The van der Waals surface area contributed by atoms with Gasteiger partial charge in [0.25, 0.3) is 0 Å². The van der Waals surface area contributed by atoms with Gasteiger partial charge in [0.15, 0.2) is 4.34 Å². The molecule has 4 nitrogen and oxygen atoms in total. The number of thioether (sulfide) groups is 1. The molecule has 0 aliphatic carbocycles.